The van der Waals surface area contributed by atoms with E-state index in [1.54, 1.807) is 0 Å². The molecule has 2 amide bonds. The molecule has 2 aliphatic carbocycles. The number of benzene rings is 1. The molecule has 3 aliphatic rings. The Balaban J connectivity index is 1.59. The van der Waals surface area contributed by atoms with Gasteiger partial charge in [-0.25, -0.2) is 0 Å². The molecule has 0 spiro atoms. The molecule has 0 unspecified atom stereocenters. The monoisotopic (exact) mass is 414 g/mol. The van der Waals surface area contributed by atoms with Crippen molar-refractivity contribution in [1.29, 1.82) is 0 Å². The van der Waals surface area contributed by atoms with Gasteiger partial charge in [0.2, 0.25) is 11.8 Å². The Kier molecular flexibility index (Phi) is 5.93. The molecule has 1 aliphatic heterocycles. The first kappa shape index (κ1) is 21.0. The highest BCUT2D eigenvalue weighted by atomic mass is 16.6. The van der Waals surface area contributed by atoms with Crippen LogP contribution in [0.2, 0.25) is 0 Å². The first-order chi connectivity index (χ1) is 14.4. The number of nitrogens with zero attached hydrogens (tertiary/aromatic N) is 2. The van der Waals surface area contributed by atoms with Crippen molar-refractivity contribution in [2.24, 2.45) is 34.7 Å². The van der Waals surface area contributed by atoms with Gasteiger partial charge in [0.25, 0.3) is 0 Å². The van der Waals surface area contributed by atoms with E-state index in [4.69, 9.17) is 4.84 Å². The molecule has 0 radical (unpaired) electrons. The normalized spacial score (nSPS) is 35.0. The third-order valence-electron chi connectivity index (χ3n) is 6.64. The molecule has 4 rings (SSSR count). The Bertz CT molecular complexity index is 824. The molecular weight excluding hydrogens is 384 g/mol. The molecule has 3 fully saturated rings. The van der Waals surface area contributed by atoms with E-state index < -0.39 is 30.0 Å². The Labute approximate surface area is 176 Å². The lowest BCUT2D eigenvalue weighted by atomic mass is 9.60. The number of aliphatic hydroxyl groups excluding tert-OH is 2. The summed E-state index contributed by atoms with van der Waals surface area (Å²) in [6, 6.07) is 9.43. The Morgan fingerprint density at radius 2 is 1.80 bits per heavy atom. The van der Waals surface area contributed by atoms with Gasteiger partial charge in [0.05, 0.1) is 36.3 Å². The molecular formula is C23H30N2O5. The van der Waals surface area contributed by atoms with E-state index >= 15 is 0 Å². The van der Waals surface area contributed by atoms with Gasteiger partial charge in [0, 0.05) is 18.3 Å². The van der Waals surface area contributed by atoms with Gasteiger partial charge in [0.15, 0.2) is 0 Å². The lowest BCUT2D eigenvalue weighted by Gasteiger charge is -2.45. The second-order valence-electron chi connectivity index (χ2n) is 9.18. The van der Waals surface area contributed by atoms with E-state index in [1.807, 2.05) is 44.2 Å². The van der Waals surface area contributed by atoms with Crippen molar-refractivity contribution < 1.29 is 24.6 Å². The van der Waals surface area contributed by atoms with E-state index in [0.717, 1.165) is 5.56 Å². The van der Waals surface area contributed by atoms with Crippen LogP contribution in [0, 0.1) is 29.6 Å². The summed E-state index contributed by atoms with van der Waals surface area (Å²) in [5.74, 6) is -1.86. The van der Waals surface area contributed by atoms with E-state index in [-0.39, 0.29) is 30.7 Å². The van der Waals surface area contributed by atoms with Gasteiger partial charge in [-0.05, 0) is 24.3 Å². The topological polar surface area (TPSA) is 99.4 Å². The summed E-state index contributed by atoms with van der Waals surface area (Å²) >= 11 is 0. The van der Waals surface area contributed by atoms with Crippen molar-refractivity contribution in [3.63, 3.8) is 0 Å². The molecule has 0 aromatic heterocycles. The van der Waals surface area contributed by atoms with E-state index in [2.05, 4.69) is 5.16 Å². The zero-order valence-corrected chi connectivity index (χ0v) is 17.5. The maximum absolute atomic E-state index is 13.3. The van der Waals surface area contributed by atoms with Crippen LogP contribution in [-0.4, -0.2) is 51.5 Å². The number of aliphatic hydroxyl groups is 2. The molecule has 2 saturated carbocycles. The first-order valence-corrected chi connectivity index (χ1v) is 10.8. The lowest BCUT2D eigenvalue weighted by Crippen LogP contribution is -2.54. The van der Waals surface area contributed by atoms with Crippen LogP contribution < -0.4 is 0 Å². The van der Waals surface area contributed by atoms with E-state index in [9.17, 15) is 19.8 Å². The molecule has 0 bridgehead atoms. The summed E-state index contributed by atoms with van der Waals surface area (Å²) in [4.78, 5) is 33.2. The fraction of sp³-hybridized carbons (Fsp3) is 0.609. The molecule has 1 heterocycles. The number of oxime groups is 1. The number of amides is 2. The minimum absolute atomic E-state index is 0.162. The second kappa shape index (κ2) is 8.47. The van der Waals surface area contributed by atoms with Crippen LogP contribution >= 0.6 is 0 Å². The van der Waals surface area contributed by atoms with Gasteiger partial charge in [0.1, 0.15) is 6.61 Å². The van der Waals surface area contributed by atoms with Crippen molar-refractivity contribution >= 4 is 17.5 Å². The van der Waals surface area contributed by atoms with Crippen molar-refractivity contribution in [2.45, 2.75) is 51.9 Å². The summed E-state index contributed by atoms with van der Waals surface area (Å²) in [7, 11) is 0. The highest BCUT2D eigenvalue weighted by Crippen LogP contribution is 2.49. The predicted octanol–water partition coefficient (Wildman–Crippen LogP) is 1.97. The van der Waals surface area contributed by atoms with Crippen LogP contribution in [0.15, 0.2) is 35.5 Å². The molecule has 162 valence electrons. The molecule has 7 nitrogen and oxygen atoms in total. The number of fused-ring (bicyclic) bond motifs is 3. The zero-order chi connectivity index (χ0) is 21.4. The Hall–Kier alpha value is -2.25. The molecule has 1 aromatic rings. The average molecular weight is 415 g/mol. The van der Waals surface area contributed by atoms with Crippen LogP contribution in [0.4, 0.5) is 0 Å². The minimum atomic E-state index is -1.06. The molecule has 6 atom stereocenters. The highest BCUT2D eigenvalue weighted by molar-refractivity contribution is 6.06. The Morgan fingerprint density at radius 3 is 2.50 bits per heavy atom. The standard InChI is InChI=1S/C23H30N2O5/c1-13(2)12-30-24-17-10-18(26)21(27)19-15(17)8-9-16-20(19)23(29)25(22(16)28)11-14-6-4-3-5-7-14/h3-7,13,15-16,18-21,26-27H,8-12H2,1-2H3/b24-17+/t15-,16-,18-,19+,20-,21-/m1/s1. The van der Waals surface area contributed by atoms with E-state index in [0.29, 0.717) is 31.1 Å². The van der Waals surface area contributed by atoms with Gasteiger partial charge >= 0.3 is 0 Å². The predicted molar refractivity (Wildman–Crippen MR) is 110 cm³/mol. The molecule has 1 saturated heterocycles. The van der Waals surface area contributed by atoms with Crippen molar-refractivity contribution in [2.75, 3.05) is 6.61 Å². The van der Waals surface area contributed by atoms with Crippen LogP contribution in [-0.2, 0) is 21.0 Å². The summed E-state index contributed by atoms with van der Waals surface area (Å²) < 4.78 is 0. The van der Waals surface area contributed by atoms with Gasteiger partial charge < -0.3 is 15.1 Å². The number of imide groups is 1. The van der Waals surface area contributed by atoms with Crippen molar-refractivity contribution in [3.8, 4) is 0 Å². The van der Waals surface area contributed by atoms with Gasteiger partial charge in [-0.3, -0.25) is 14.5 Å². The highest BCUT2D eigenvalue weighted by Gasteiger charge is 2.59. The quantitative estimate of drug-likeness (QED) is 0.567. The number of carbonyl (C=O) groups excluding carboxylic acids is 2. The third-order valence-corrected chi connectivity index (χ3v) is 6.64. The van der Waals surface area contributed by atoms with Gasteiger partial charge in [-0.1, -0.05) is 49.3 Å². The Morgan fingerprint density at radius 1 is 1.10 bits per heavy atom. The molecule has 2 N–H and O–H groups in total. The van der Waals surface area contributed by atoms with Crippen LogP contribution in [0.25, 0.3) is 0 Å². The van der Waals surface area contributed by atoms with Crippen LogP contribution in [0.1, 0.15) is 38.7 Å². The number of carbonyl (C=O) groups is 2. The van der Waals surface area contributed by atoms with Crippen LogP contribution in [0.5, 0.6) is 0 Å². The summed E-state index contributed by atoms with van der Waals surface area (Å²) in [5.41, 5.74) is 1.58. The van der Waals surface area contributed by atoms with Crippen molar-refractivity contribution in [1.82, 2.24) is 4.90 Å². The number of hydrogen-bond acceptors (Lipinski definition) is 6. The number of rotatable bonds is 5. The zero-order valence-electron chi connectivity index (χ0n) is 17.5. The van der Waals surface area contributed by atoms with Gasteiger partial charge in [-0.15, -0.1) is 0 Å². The maximum atomic E-state index is 13.3. The largest absolute Gasteiger partial charge is 0.396 e. The fourth-order valence-electron chi connectivity index (χ4n) is 5.23. The lowest BCUT2D eigenvalue weighted by molar-refractivity contribution is -0.142. The number of hydrogen-bond donors (Lipinski definition) is 2. The minimum Gasteiger partial charge on any atom is -0.396 e. The SMILES string of the molecule is CC(C)CO/N=C1\C[C@@H](O)[C@@H](O)[C@@H]2[C@@H]3C(=O)N(Cc4ccccc4)C(=O)[C@@H]3CC[C@H]12. The summed E-state index contributed by atoms with van der Waals surface area (Å²) in [6.45, 7) is 4.75. The van der Waals surface area contributed by atoms with E-state index in [1.165, 1.54) is 4.90 Å². The van der Waals surface area contributed by atoms with Gasteiger partial charge in [-0.2, -0.15) is 0 Å². The van der Waals surface area contributed by atoms with Crippen molar-refractivity contribution in [3.05, 3.63) is 35.9 Å². The average Bonchev–Trinajstić information content (AvgIpc) is 2.96. The molecule has 7 heteroatoms. The first-order valence-electron chi connectivity index (χ1n) is 10.8. The summed E-state index contributed by atoms with van der Waals surface area (Å²) in [6.07, 6.45) is -0.614. The fourth-order valence-corrected chi connectivity index (χ4v) is 5.23. The van der Waals surface area contributed by atoms with Crippen LogP contribution in [0.3, 0.4) is 0 Å². The third kappa shape index (κ3) is 3.76. The maximum Gasteiger partial charge on any atom is 0.233 e. The second-order valence-corrected chi connectivity index (χ2v) is 9.18. The number of likely N-dealkylation sites (tertiary alicyclic amines) is 1. The smallest absolute Gasteiger partial charge is 0.233 e. The molecule has 30 heavy (non-hydrogen) atoms. The summed E-state index contributed by atoms with van der Waals surface area (Å²) in [5, 5.41) is 25.5. The molecule has 1 aromatic carbocycles.